The van der Waals surface area contributed by atoms with Gasteiger partial charge in [-0.05, 0) is 25.0 Å². The zero-order valence-electron chi connectivity index (χ0n) is 10.6. The SMILES string of the molecule is NC1CCCn2nc(-c3cccc(C(F)(F)F)c3)nc21. The first-order chi connectivity index (χ1) is 9.45. The normalized spacial score (nSPS) is 18.9. The molecule has 1 atom stereocenters. The van der Waals surface area contributed by atoms with Crippen LogP contribution in [0.4, 0.5) is 13.2 Å². The molecular weight excluding hydrogens is 269 g/mol. The minimum absolute atomic E-state index is 0.198. The second-order valence-corrected chi connectivity index (χ2v) is 4.84. The van der Waals surface area contributed by atoms with Gasteiger partial charge in [0.1, 0.15) is 5.82 Å². The molecule has 2 heterocycles. The van der Waals surface area contributed by atoms with Crippen LogP contribution in [0.15, 0.2) is 24.3 Å². The zero-order chi connectivity index (χ0) is 14.3. The Bertz CT molecular complexity index is 633. The quantitative estimate of drug-likeness (QED) is 0.875. The summed E-state index contributed by atoms with van der Waals surface area (Å²) in [5.41, 5.74) is 5.59. The van der Waals surface area contributed by atoms with Gasteiger partial charge in [0.2, 0.25) is 0 Å². The molecule has 4 nitrogen and oxygen atoms in total. The number of rotatable bonds is 1. The lowest BCUT2D eigenvalue weighted by atomic mass is 10.1. The molecule has 106 valence electrons. The minimum atomic E-state index is -4.37. The van der Waals surface area contributed by atoms with Crippen molar-refractivity contribution in [2.24, 2.45) is 5.73 Å². The average molecular weight is 282 g/mol. The Morgan fingerprint density at radius 2 is 2.10 bits per heavy atom. The van der Waals surface area contributed by atoms with Gasteiger partial charge in [-0.3, -0.25) is 0 Å². The van der Waals surface area contributed by atoms with Crippen LogP contribution >= 0.6 is 0 Å². The highest BCUT2D eigenvalue weighted by Crippen LogP contribution is 2.32. The number of benzene rings is 1. The molecule has 0 saturated heterocycles. The molecular formula is C13H13F3N4. The molecule has 2 aromatic rings. The van der Waals surface area contributed by atoms with E-state index in [-0.39, 0.29) is 6.04 Å². The molecule has 1 aromatic carbocycles. The lowest BCUT2D eigenvalue weighted by Gasteiger charge is -2.17. The summed E-state index contributed by atoms with van der Waals surface area (Å²) < 4.78 is 39.8. The van der Waals surface area contributed by atoms with Gasteiger partial charge in [-0.1, -0.05) is 12.1 Å². The topological polar surface area (TPSA) is 56.7 Å². The van der Waals surface area contributed by atoms with E-state index in [9.17, 15) is 13.2 Å². The third-order valence-corrected chi connectivity index (χ3v) is 3.37. The second kappa shape index (κ2) is 4.59. The Kier molecular flexibility index (Phi) is 3.01. The molecule has 1 aliphatic rings. The predicted molar refractivity (Wildman–Crippen MR) is 66.6 cm³/mol. The molecule has 0 bridgehead atoms. The number of aryl methyl sites for hydroxylation is 1. The summed E-state index contributed by atoms with van der Waals surface area (Å²) in [4.78, 5) is 4.28. The van der Waals surface area contributed by atoms with Crippen LogP contribution in [0, 0.1) is 0 Å². The molecule has 0 amide bonds. The van der Waals surface area contributed by atoms with E-state index >= 15 is 0 Å². The van der Waals surface area contributed by atoms with Crippen molar-refractivity contribution >= 4 is 0 Å². The monoisotopic (exact) mass is 282 g/mol. The number of halogens is 3. The first kappa shape index (κ1) is 13.1. The van der Waals surface area contributed by atoms with Crippen LogP contribution in [0.2, 0.25) is 0 Å². The lowest BCUT2D eigenvalue weighted by Crippen LogP contribution is -2.22. The fraction of sp³-hybridized carbons (Fsp3) is 0.385. The summed E-state index contributed by atoms with van der Waals surface area (Å²) in [5.74, 6) is 0.937. The van der Waals surface area contributed by atoms with E-state index in [4.69, 9.17) is 5.73 Å². The van der Waals surface area contributed by atoms with Gasteiger partial charge in [0.05, 0.1) is 11.6 Å². The molecule has 1 aliphatic heterocycles. The van der Waals surface area contributed by atoms with Gasteiger partial charge >= 0.3 is 6.18 Å². The lowest BCUT2D eigenvalue weighted by molar-refractivity contribution is -0.137. The number of alkyl halides is 3. The maximum Gasteiger partial charge on any atom is 0.416 e. The first-order valence-corrected chi connectivity index (χ1v) is 6.33. The Morgan fingerprint density at radius 1 is 1.30 bits per heavy atom. The van der Waals surface area contributed by atoms with Crippen molar-refractivity contribution in [3.8, 4) is 11.4 Å². The molecule has 0 aliphatic carbocycles. The largest absolute Gasteiger partial charge is 0.416 e. The number of nitrogens with two attached hydrogens (primary N) is 1. The molecule has 0 fully saturated rings. The zero-order valence-corrected chi connectivity index (χ0v) is 10.6. The van der Waals surface area contributed by atoms with E-state index in [1.165, 1.54) is 6.07 Å². The fourth-order valence-corrected chi connectivity index (χ4v) is 2.34. The maximum absolute atomic E-state index is 12.7. The van der Waals surface area contributed by atoms with Crippen LogP contribution < -0.4 is 5.73 Å². The highest BCUT2D eigenvalue weighted by atomic mass is 19.4. The minimum Gasteiger partial charge on any atom is -0.321 e. The summed E-state index contributed by atoms with van der Waals surface area (Å²) in [5, 5.41) is 4.25. The third-order valence-electron chi connectivity index (χ3n) is 3.37. The third kappa shape index (κ3) is 2.29. The Labute approximate surface area is 113 Å². The molecule has 0 radical (unpaired) electrons. The standard InChI is InChI=1S/C13H13F3N4/c14-13(15,16)9-4-1-3-8(7-9)11-18-12-10(17)5-2-6-20(12)19-11/h1,3-4,7,10H,2,5-6,17H2. The van der Waals surface area contributed by atoms with Gasteiger partial charge < -0.3 is 5.73 Å². The van der Waals surface area contributed by atoms with E-state index in [0.29, 0.717) is 23.8 Å². The number of aromatic nitrogens is 3. The average Bonchev–Trinajstić information content (AvgIpc) is 2.83. The summed E-state index contributed by atoms with van der Waals surface area (Å²) in [6.07, 6.45) is -2.65. The van der Waals surface area contributed by atoms with Crippen LogP contribution in [0.5, 0.6) is 0 Å². The molecule has 1 aromatic heterocycles. The predicted octanol–water partition coefficient (Wildman–Crippen LogP) is 2.76. The highest BCUT2D eigenvalue weighted by molar-refractivity contribution is 5.56. The summed E-state index contributed by atoms with van der Waals surface area (Å²) >= 11 is 0. The van der Waals surface area contributed by atoms with Crippen molar-refractivity contribution < 1.29 is 13.2 Å². The van der Waals surface area contributed by atoms with Gasteiger partial charge in [-0.25, -0.2) is 9.67 Å². The van der Waals surface area contributed by atoms with Crippen LogP contribution in [0.1, 0.15) is 30.3 Å². The Hall–Kier alpha value is -1.89. The first-order valence-electron chi connectivity index (χ1n) is 6.33. The smallest absolute Gasteiger partial charge is 0.321 e. The van der Waals surface area contributed by atoms with Gasteiger partial charge in [0.25, 0.3) is 0 Å². The van der Waals surface area contributed by atoms with Gasteiger partial charge in [-0.15, -0.1) is 0 Å². The van der Waals surface area contributed by atoms with Crippen molar-refractivity contribution in [1.29, 1.82) is 0 Å². The van der Waals surface area contributed by atoms with Crippen LogP contribution in [0.25, 0.3) is 11.4 Å². The molecule has 2 N–H and O–H groups in total. The molecule has 1 unspecified atom stereocenters. The van der Waals surface area contributed by atoms with Crippen molar-refractivity contribution in [2.75, 3.05) is 0 Å². The van der Waals surface area contributed by atoms with Crippen molar-refractivity contribution in [2.45, 2.75) is 31.6 Å². The summed E-state index contributed by atoms with van der Waals surface area (Å²) in [7, 11) is 0. The van der Waals surface area contributed by atoms with E-state index in [1.54, 1.807) is 10.7 Å². The van der Waals surface area contributed by atoms with Crippen molar-refractivity contribution in [1.82, 2.24) is 14.8 Å². The fourth-order valence-electron chi connectivity index (χ4n) is 2.34. The van der Waals surface area contributed by atoms with Crippen molar-refractivity contribution in [3.63, 3.8) is 0 Å². The molecule has 20 heavy (non-hydrogen) atoms. The maximum atomic E-state index is 12.7. The summed E-state index contributed by atoms with van der Waals surface area (Å²) in [6, 6.07) is 4.83. The van der Waals surface area contributed by atoms with E-state index < -0.39 is 11.7 Å². The number of hydrogen-bond acceptors (Lipinski definition) is 3. The van der Waals surface area contributed by atoms with E-state index in [0.717, 1.165) is 25.0 Å². The molecule has 3 rings (SSSR count). The number of nitrogens with zero attached hydrogens (tertiary/aromatic N) is 3. The van der Waals surface area contributed by atoms with Gasteiger partial charge in [-0.2, -0.15) is 18.3 Å². The van der Waals surface area contributed by atoms with Gasteiger partial charge in [0.15, 0.2) is 5.82 Å². The Morgan fingerprint density at radius 3 is 2.80 bits per heavy atom. The van der Waals surface area contributed by atoms with Crippen LogP contribution in [0.3, 0.4) is 0 Å². The summed E-state index contributed by atoms with van der Waals surface area (Å²) in [6.45, 7) is 0.703. The van der Waals surface area contributed by atoms with Crippen LogP contribution in [-0.2, 0) is 12.7 Å². The second-order valence-electron chi connectivity index (χ2n) is 4.84. The van der Waals surface area contributed by atoms with Crippen molar-refractivity contribution in [3.05, 3.63) is 35.7 Å². The van der Waals surface area contributed by atoms with E-state index in [1.807, 2.05) is 0 Å². The number of fused-ring (bicyclic) bond motifs is 1. The molecule has 7 heteroatoms. The molecule has 0 saturated carbocycles. The Balaban J connectivity index is 2.02. The highest BCUT2D eigenvalue weighted by Gasteiger charge is 2.31. The van der Waals surface area contributed by atoms with E-state index in [2.05, 4.69) is 10.1 Å². The van der Waals surface area contributed by atoms with Gasteiger partial charge in [0, 0.05) is 12.1 Å². The number of hydrogen-bond donors (Lipinski definition) is 1. The molecule has 0 spiro atoms. The van der Waals surface area contributed by atoms with Crippen LogP contribution in [-0.4, -0.2) is 14.8 Å².